The van der Waals surface area contributed by atoms with Crippen molar-refractivity contribution in [3.05, 3.63) is 95.3 Å². The van der Waals surface area contributed by atoms with Crippen LogP contribution in [0.3, 0.4) is 0 Å². The summed E-state index contributed by atoms with van der Waals surface area (Å²) in [4.78, 5) is 15.0. The molecule has 0 fully saturated rings. The van der Waals surface area contributed by atoms with Crippen molar-refractivity contribution in [2.45, 2.75) is 44.8 Å². The minimum Gasteiger partial charge on any atom is -0.482 e. The number of nitrogens with zero attached hydrogens (tertiary/aromatic N) is 1. The highest BCUT2D eigenvalue weighted by Crippen LogP contribution is 2.35. The number of benzene rings is 2. The zero-order valence-corrected chi connectivity index (χ0v) is 18.3. The number of carbonyl (C=O) groups is 1. The molecule has 2 aromatic carbocycles. The van der Waals surface area contributed by atoms with Crippen LogP contribution in [-0.4, -0.2) is 28.8 Å². The molecule has 3 unspecified atom stereocenters. The smallest absolute Gasteiger partial charge is 0.341 e. The second kappa shape index (κ2) is 10.4. The summed E-state index contributed by atoms with van der Waals surface area (Å²) < 4.78 is 12.1. The first-order valence-electron chi connectivity index (χ1n) is 11.2. The Hall–Kier alpha value is -3.18. The number of carboxylic acid groups (broad SMARTS) is 1. The van der Waals surface area contributed by atoms with Gasteiger partial charge in [-0.2, -0.15) is 0 Å². The van der Waals surface area contributed by atoms with E-state index >= 15 is 0 Å². The normalized spacial score (nSPS) is 17.2. The predicted octanol–water partition coefficient (Wildman–Crippen LogP) is 5.23. The van der Waals surface area contributed by atoms with Gasteiger partial charge < -0.3 is 14.6 Å². The lowest BCUT2D eigenvalue weighted by Crippen LogP contribution is -2.23. The first-order valence-corrected chi connectivity index (χ1v) is 11.2. The Balaban J connectivity index is 1.42. The molecule has 0 saturated carbocycles. The van der Waals surface area contributed by atoms with Gasteiger partial charge in [0, 0.05) is 12.4 Å². The van der Waals surface area contributed by atoms with E-state index in [4.69, 9.17) is 14.6 Å². The molecule has 32 heavy (non-hydrogen) atoms. The van der Waals surface area contributed by atoms with E-state index < -0.39 is 5.97 Å². The van der Waals surface area contributed by atoms with Crippen molar-refractivity contribution in [3.8, 4) is 5.75 Å². The van der Waals surface area contributed by atoms with Crippen molar-refractivity contribution >= 4 is 5.97 Å². The van der Waals surface area contributed by atoms with Crippen LogP contribution in [0.1, 0.15) is 48.1 Å². The Morgan fingerprint density at radius 2 is 1.81 bits per heavy atom. The fraction of sp³-hybridized carbons (Fsp3) is 0.333. The number of pyridine rings is 1. The Bertz CT molecular complexity index is 983. The summed E-state index contributed by atoms with van der Waals surface area (Å²) in [5.74, 6) is 0.264. The molecule has 0 spiro atoms. The number of carboxylic acids is 1. The van der Waals surface area contributed by atoms with Crippen molar-refractivity contribution in [2.75, 3.05) is 6.61 Å². The molecule has 1 heterocycles. The Kier molecular flexibility index (Phi) is 7.17. The molecule has 0 bridgehead atoms. The number of aliphatic carboxylic acids is 1. The van der Waals surface area contributed by atoms with Gasteiger partial charge in [0.1, 0.15) is 11.9 Å². The van der Waals surface area contributed by atoms with Crippen LogP contribution in [0.15, 0.2) is 73.1 Å². The zero-order chi connectivity index (χ0) is 22.3. The molecule has 3 atom stereocenters. The third-order valence-corrected chi connectivity index (χ3v) is 6.04. The monoisotopic (exact) mass is 431 g/mol. The van der Waals surface area contributed by atoms with Crippen LogP contribution in [0, 0.1) is 5.92 Å². The first kappa shape index (κ1) is 22.0. The summed E-state index contributed by atoms with van der Waals surface area (Å²) in [7, 11) is 0. The van der Waals surface area contributed by atoms with Crippen LogP contribution >= 0.6 is 0 Å². The molecule has 5 heteroatoms. The van der Waals surface area contributed by atoms with Crippen LogP contribution in [0.5, 0.6) is 5.75 Å². The number of hydrogen-bond donors (Lipinski definition) is 1. The lowest BCUT2D eigenvalue weighted by Gasteiger charge is -2.30. The Labute approximate surface area is 189 Å². The molecule has 1 aromatic heterocycles. The average molecular weight is 432 g/mol. The summed E-state index contributed by atoms with van der Waals surface area (Å²) in [5.41, 5.74) is 4.65. The van der Waals surface area contributed by atoms with Gasteiger partial charge in [0.15, 0.2) is 6.61 Å². The maximum atomic E-state index is 10.9. The molecule has 4 rings (SSSR count). The van der Waals surface area contributed by atoms with Gasteiger partial charge in [-0.05, 0) is 79.0 Å². The summed E-state index contributed by atoms with van der Waals surface area (Å²) in [6, 6.07) is 20.3. The highest BCUT2D eigenvalue weighted by atomic mass is 16.5. The zero-order valence-electron chi connectivity index (χ0n) is 18.3. The van der Waals surface area contributed by atoms with Gasteiger partial charge >= 0.3 is 5.97 Å². The molecule has 0 amide bonds. The van der Waals surface area contributed by atoms with Crippen LogP contribution in [-0.2, 0) is 22.4 Å². The largest absolute Gasteiger partial charge is 0.482 e. The maximum absolute atomic E-state index is 10.9. The number of hydrogen-bond acceptors (Lipinski definition) is 4. The molecular weight excluding hydrogens is 402 g/mol. The molecule has 1 aliphatic carbocycles. The minimum absolute atomic E-state index is 0.0892. The minimum atomic E-state index is -0.954. The van der Waals surface area contributed by atoms with E-state index in [-0.39, 0.29) is 18.8 Å². The van der Waals surface area contributed by atoms with E-state index in [1.54, 1.807) is 12.4 Å². The van der Waals surface area contributed by atoms with Crippen LogP contribution in [0.2, 0.25) is 0 Å². The standard InChI is InChI=1S/C27H29NO4/c1-19(32-27(21-6-3-2-4-7-21)22-12-14-28-15-13-22)16-20-10-11-24-23(17-20)8-5-9-25(24)31-18-26(29)30/h2-9,12-15,19-20,27H,10-11,16-18H2,1H3,(H,29,30). The Morgan fingerprint density at radius 3 is 2.56 bits per heavy atom. The molecule has 0 aliphatic heterocycles. The van der Waals surface area contributed by atoms with Gasteiger partial charge in [-0.3, -0.25) is 4.98 Å². The van der Waals surface area contributed by atoms with E-state index in [2.05, 4.69) is 30.1 Å². The molecule has 166 valence electrons. The molecular formula is C27H29NO4. The first-order chi connectivity index (χ1) is 15.6. The van der Waals surface area contributed by atoms with E-state index in [0.29, 0.717) is 11.7 Å². The van der Waals surface area contributed by atoms with Crippen molar-refractivity contribution < 1.29 is 19.4 Å². The van der Waals surface area contributed by atoms with Crippen LogP contribution in [0.25, 0.3) is 0 Å². The average Bonchev–Trinajstić information content (AvgIpc) is 2.82. The van der Waals surface area contributed by atoms with E-state index in [9.17, 15) is 4.79 Å². The van der Waals surface area contributed by atoms with E-state index in [1.807, 2.05) is 42.5 Å². The molecule has 0 saturated heterocycles. The van der Waals surface area contributed by atoms with Gasteiger partial charge in [-0.15, -0.1) is 0 Å². The molecule has 0 radical (unpaired) electrons. The second-order valence-electron chi connectivity index (χ2n) is 8.44. The van der Waals surface area contributed by atoms with Crippen LogP contribution in [0.4, 0.5) is 0 Å². The van der Waals surface area contributed by atoms with E-state index in [0.717, 1.165) is 42.4 Å². The lowest BCUT2D eigenvalue weighted by atomic mass is 9.81. The van der Waals surface area contributed by atoms with Crippen molar-refractivity contribution in [2.24, 2.45) is 5.92 Å². The maximum Gasteiger partial charge on any atom is 0.341 e. The molecule has 5 nitrogen and oxygen atoms in total. The van der Waals surface area contributed by atoms with Gasteiger partial charge in [0.05, 0.1) is 6.10 Å². The Morgan fingerprint density at radius 1 is 1.06 bits per heavy atom. The summed E-state index contributed by atoms with van der Waals surface area (Å²) in [5, 5.41) is 8.91. The van der Waals surface area contributed by atoms with Crippen molar-refractivity contribution in [1.82, 2.24) is 4.98 Å². The fourth-order valence-corrected chi connectivity index (χ4v) is 4.60. The van der Waals surface area contributed by atoms with Crippen LogP contribution < -0.4 is 4.74 Å². The lowest BCUT2D eigenvalue weighted by molar-refractivity contribution is -0.139. The van der Waals surface area contributed by atoms with Gasteiger partial charge in [-0.25, -0.2) is 4.79 Å². The van der Waals surface area contributed by atoms with Crippen molar-refractivity contribution in [1.29, 1.82) is 0 Å². The molecule has 1 aliphatic rings. The highest BCUT2D eigenvalue weighted by molar-refractivity contribution is 5.68. The fourth-order valence-electron chi connectivity index (χ4n) is 4.60. The SMILES string of the molecule is CC(CC1CCc2c(cccc2OCC(=O)O)C1)OC(c1ccccc1)c1ccncc1. The summed E-state index contributed by atoms with van der Waals surface area (Å²) >= 11 is 0. The molecule has 3 aromatic rings. The third kappa shape index (κ3) is 5.54. The summed E-state index contributed by atoms with van der Waals surface area (Å²) in [6.07, 6.45) is 7.44. The number of ether oxygens (including phenoxy) is 2. The highest BCUT2D eigenvalue weighted by Gasteiger charge is 2.25. The van der Waals surface area contributed by atoms with E-state index in [1.165, 1.54) is 5.56 Å². The number of fused-ring (bicyclic) bond motifs is 1. The number of rotatable bonds is 9. The molecule has 1 N–H and O–H groups in total. The quantitative estimate of drug-likeness (QED) is 0.502. The topological polar surface area (TPSA) is 68.7 Å². The summed E-state index contributed by atoms with van der Waals surface area (Å²) in [6.45, 7) is 1.85. The van der Waals surface area contributed by atoms with Crippen molar-refractivity contribution in [3.63, 3.8) is 0 Å². The number of aromatic nitrogens is 1. The van der Waals surface area contributed by atoms with Gasteiger partial charge in [-0.1, -0.05) is 42.5 Å². The second-order valence-corrected chi connectivity index (χ2v) is 8.44. The predicted molar refractivity (Wildman–Crippen MR) is 123 cm³/mol. The van der Waals surface area contributed by atoms with Gasteiger partial charge in [0.2, 0.25) is 0 Å². The third-order valence-electron chi connectivity index (χ3n) is 6.04. The van der Waals surface area contributed by atoms with Gasteiger partial charge in [0.25, 0.3) is 0 Å².